The minimum atomic E-state index is -3.12. The van der Waals surface area contributed by atoms with Crippen LogP contribution >= 0.6 is 0 Å². The Morgan fingerprint density at radius 3 is 2.52 bits per heavy atom. The van der Waals surface area contributed by atoms with Crippen molar-refractivity contribution < 1.29 is 13.2 Å². The highest BCUT2D eigenvalue weighted by molar-refractivity contribution is 7.90. The number of ether oxygens (including phenoxy) is 1. The van der Waals surface area contributed by atoms with E-state index in [1.807, 2.05) is 0 Å². The number of sulfone groups is 1. The maximum Gasteiger partial charge on any atom is 0.175 e. The van der Waals surface area contributed by atoms with Crippen LogP contribution in [0, 0.1) is 5.92 Å². The lowest BCUT2D eigenvalue weighted by Crippen LogP contribution is -2.27. The van der Waals surface area contributed by atoms with Gasteiger partial charge in [-0.05, 0) is 62.0 Å². The molecule has 4 nitrogen and oxygen atoms in total. The first kappa shape index (κ1) is 16.0. The first-order valence-corrected chi connectivity index (χ1v) is 9.21. The van der Waals surface area contributed by atoms with Gasteiger partial charge in [0.1, 0.15) is 6.61 Å². The highest BCUT2D eigenvalue weighted by Crippen LogP contribution is 2.16. The van der Waals surface area contributed by atoms with Crippen LogP contribution in [-0.4, -0.2) is 27.8 Å². The van der Waals surface area contributed by atoms with Crippen LogP contribution < -0.4 is 5.32 Å². The predicted molar refractivity (Wildman–Crippen MR) is 83.7 cm³/mol. The second kappa shape index (κ2) is 7.61. The van der Waals surface area contributed by atoms with Crippen molar-refractivity contribution in [2.75, 3.05) is 19.3 Å². The molecule has 21 heavy (non-hydrogen) atoms. The van der Waals surface area contributed by atoms with Crippen LogP contribution in [0.25, 0.3) is 0 Å². The molecule has 0 aliphatic carbocycles. The molecule has 1 aromatic carbocycles. The molecule has 0 radical (unpaired) electrons. The molecule has 2 rings (SSSR count). The Hall–Kier alpha value is -1.33. The molecule has 1 aliphatic rings. The van der Waals surface area contributed by atoms with Gasteiger partial charge in [0.25, 0.3) is 0 Å². The fraction of sp³-hybridized carbons (Fsp3) is 0.500. The standard InChI is InChI=1S/C16H23NO3S/c1-21(18,19)16-6-4-15(5-7-16)13-20-12-2-3-14-8-10-17-11-9-14/h2,4-7,12,14,17H,3,8-11,13H2,1H3/b12-2+. The minimum Gasteiger partial charge on any atom is -0.497 e. The summed E-state index contributed by atoms with van der Waals surface area (Å²) in [6.45, 7) is 2.70. The van der Waals surface area contributed by atoms with E-state index in [9.17, 15) is 8.42 Å². The molecule has 0 amide bonds. The summed E-state index contributed by atoms with van der Waals surface area (Å²) in [6.07, 6.45) is 8.58. The Morgan fingerprint density at radius 1 is 1.24 bits per heavy atom. The molecular weight excluding hydrogens is 286 g/mol. The summed E-state index contributed by atoms with van der Waals surface area (Å²) in [5, 5.41) is 3.35. The number of rotatable bonds is 6. The number of piperidine rings is 1. The smallest absolute Gasteiger partial charge is 0.175 e. The van der Waals surface area contributed by atoms with E-state index >= 15 is 0 Å². The van der Waals surface area contributed by atoms with E-state index in [1.54, 1.807) is 30.5 Å². The van der Waals surface area contributed by atoms with E-state index in [1.165, 1.54) is 19.1 Å². The van der Waals surface area contributed by atoms with Crippen molar-refractivity contribution in [3.05, 3.63) is 42.2 Å². The predicted octanol–water partition coefficient (Wildman–Crippen LogP) is 2.51. The molecule has 0 aromatic heterocycles. The summed E-state index contributed by atoms with van der Waals surface area (Å²) < 4.78 is 28.2. The van der Waals surface area contributed by atoms with Gasteiger partial charge in [-0.3, -0.25) is 0 Å². The fourth-order valence-corrected chi connectivity index (χ4v) is 3.04. The Bertz CT molecular complexity index is 558. The first-order chi connectivity index (χ1) is 10.1. The largest absolute Gasteiger partial charge is 0.497 e. The summed E-state index contributed by atoms with van der Waals surface area (Å²) in [5.41, 5.74) is 0.967. The summed E-state index contributed by atoms with van der Waals surface area (Å²) in [4.78, 5) is 0.340. The molecule has 0 bridgehead atoms. The first-order valence-electron chi connectivity index (χ1n) is 7.32. The lowest BCUT2D eigenvalue weighted by Gasteiger charge is -2.20. The molecule has 1 aliphatic heterocycles. The highest BCUT2D eigenvalue weighted by Gasteiger charge is 2.10. The van der Waals surface area contributed by atoms with E-state index < -0.39 is 9.84 Å². The number of hydrogen-bond acceptors (Lipinski definition) is 4. The molecule has 1 fully saturated rings. The molecule has 5 heteroatoms. The highest BCUT2D eigenvalue weighted by atomic mass is 32.2. The molecule has 1 N–H and O–H groups in total. The van der Waals surface area contributed by atoms with E-state index in [-0.39, 0.29) is 0 Å². The molecular formula is C16H23NO3S. The van der Waals surface area contributed by atoms with Crippen LogP contribution in [0.15, 0.2) is 41.5 Å². The normalized spacial score (nSPS) is 17.2. The Kier molecular flexibility index (Phi) is 5.82. The van der Waals surface area contributed by atoms with Crippen LogP contribution in [0.2, 0.25) is 0 Å². The third-order valence-electron chi connectivity index (χ3n) is 3.72. The van der Waals surface area contributed by atoms with Crippen molar-refractivity contribution in [1.29, 1.82) is 0 Å². The van der Waals surface area contributed by atoms with Crippen LogP contribution in [0.3, 0.4) is 0 Å². The third kappa shape index (κ3) is 5.52. The lowest BCUT2D eigenvalue weighted by atomic mass is 9.95. The average molecular weight is 309 g/mol. The quantitative estimate of drug-likeness (QED) is 0.820. The van der Waals surface area contributed by atoms with Gasteiger partial charge in [0.15, 0.2) is 9.84 Å². The molecule has 0 spiro atoms. The van der Waals surface area contributed by atoms with Gasteiger partial charge in [-0.2, -0.15) is 0 Å². The zero-order chi connectivity index (χ0) is 15.1. The van der Waals surface area contributed by atoms with Gasteiger partial charge in [-0.1, -0.05) is 12.1 Å². The van der Waals surface area contributed by atoms with Gasteiger partial charge in [-0.25, -0.2) is 8.42 Å². The number of hydrogen-bond donors (Lipinski definition) is 1. The van der Waals surface area contributed by atoms with Gasteiger partial charge in [0.2, 0.25) is 0 Å². The zero-order valence-corrected chi connectivity index (χ0v) is 13.2. The third-order valence-corrected chi connectivity index (χ3v) is 4.85. The minimum absolute atomic E-state index is 0.340. The Labute approximate surface area is 127 Å². The van der Waals surface area contributed by atoms with Crippen LogP contribution in [0.4, 0.5) is 0 Å². The summed E-state index contributed by atoms with van der Waals surface area (Å²) in [7, 11) is -3.12. The van der Waals surface area contributed by atoms with Crippen LogP contribution in [0.5, 0.6) is 0 Å². The zero-order valence-electron chi connectivity index (χ0n) is 12.4. The molecule has 1 saturated heterocycles. The fourth-order valence-electron chi connectivity index (χ4n) is 2.41. The van der Waals surface area contributed by atoms with Crippen molar-refractivity contribution in [3.8, 4) is 0 Å². The molecule has 0 saturated carbocycles. The van der Waals surface area contributed by atoms with Gasteiger partial charge in [-0.15, -0.1) is 0 Å². The number of allylic oxidation sites excluding steroid dienone is 1. The van der Waals surface area contributed by atoms with Gasteiger partial charge in [0.05, 0.1) is 11.2 Å². The Balaban J connectivity index is 1.73. The van der Waals surface area contributed by atoms with Crippen LogP contribution in [0.1, 0.15) is 24.8 Å². The van der Waals surface area contributed by atoms with Gasteiger partial charge >= 0.3 is 0 Å². The molecule has 116 valence electrons. The lowest BCUT2D eigenvalue weighted by molar-refractivity contribution is 0.234. The summed E-state index contributed by atoms with van der Waals surface area (Å²) >= 11 is 0. The number of nitrogens with one attached hydrogen (secondary N) is 1. The Morgan fingerprint density at radius 2 is 1.90 bits per heavy atom. The molecule has 0 unspecified atom stereocenters. The van der Waals surface area contributed by atoms with Gasteiger partial charge < -0.3 is 10.1 Å². The van der Waals surface area contributed by atoms with Crippen molar-refractivity contribution in [1.82, 2.24) is 5.32 Å². The van der Waals surface area contributed by atoms with Crippen molar-refractivity contribution >= 4 is 9.84 Å². The van der Waals surface area contributed by atoms with E-state index in [0.717, 1.165) is 31.0 Å². The van der Waals surface area contributed by atoms with Crippen LogP contribution in [-0.2, 0) is 21.2 Å². The van der Waals surface area contributed by atoms with Gasteiger partial charge in [0, 0.05) is 6.26 Å². The monoisotopic (exact) mass is 309 g/mol. The maximum absolute atomic E-state index is 11.3. The van der Waals surface area contributed by atoms with E-state index in [0.29, 0.717) is 11.5 Å². The molecule has 1 heterocycles. The summed E-state index contributed by atoms with van der Waals surface area (Å²) in [5.74, 6) is 0.764. The van der Waals surface area contributed by atoms with E-state index in [4.69, 9.17) is 4.74 Å². The van der Waals surface area contributed by atoms with Crippen molar-refractivity contribution in [2.24, 2.45) is 5.92 Å². The second-order valence-corrected chi connectivity index (χ2v) is 7.54. The average Bonchev–Trinajstić information content (AvgIpc) is 2.47. The second-order valence-electron chi connectivity index (χ2n) is 5.53. The number of benzene rings is 1. The molecule has 0 atom stereocenters. The van der Waals surface area contributed by atoms with Crippen molar-refractivity contribution in [2.45, 2.75) is 30.8 Å². The van der Waals surface area contributed by atoms with Crippen molar-refractivity contribution in [3.63, 3.8) is 0 Å². The topological polar surface area (TPSA) is 55.4 Å². The summed E-state index contributed by atoms with van der Waals surface area (Å²) in [6, 6.07) is 6.81. The molecule has 1 aromatic rings. The maximum atomic E-state index is 11.3. The van der Waals surface area contributed by atoms with E-state index in [2.05, 4.69) is 11.4 Å². The SMILES string of the molecule is CS(=O)(=O)c1ccc(CO/C=C/CC2CCNCC2)cc1.